The molecule has 1 heterocycles. The highest BCUT2D eigenvalue weighted by molar-refractivity contribution is 5.93. The molecule has 0 radical (unpaired) electrons. The Morgan fingerprint density at radius 3 is 2.50 bits per heavy atom. The van der Waals surface area contributed by atoms with Crippen LogP contribution in [0.15, 0.2) is 79.0 Å². The van der Waals surface area contributed by atoms with Crippen molar-refractivity contribution in [3.8, 4) is 0 Å². The predicted molar refractivity (Wildman–Crippen MR) is 97.3 cm³/mol. The lowest BCUT2D eigenvalue weighted by Crippen LogP contribution is -2.36. The monoisotopic (exact) mass is 348 g/mol. The molecule has 1 aromatic heterocycles. The van der Waals surface area contributed by atoms with Crippen molar-refractivity contribution in [3.63, 3.8) is 0 Å². The zero-order valence-corrected chi connectivity index (χ0v) is 13.8. The topological polar surface area (TPSA) is 88.4 Å². The van der Waals surface area contributed by atoms with Gasteiger partial charge in [0.2, 0.25) is 0 Å². The van der Waals surface area contributed by atoms with Gasteiger partial charge < -0.3 is 0 Å². The SMILES string of the molecule is O=C(c1ccccn1)N(Cc1cccc([N+](=O)[O-])c1)Nc1ccccc1. The number of aromatic nitrogens is 1. The number of nitro groups is 1. The summed E-state index contributed by atoms with van der Waals surface area (Å²) in [6.07, 6.45) is 1.54. The molecule has 3 rings (SSSR count). The van der Waals surface area contributed by atoms with Crippen molar-refractivity contribution in [2.75, 3.05) is 5.43 Å². The lowest BCUT2D eigenvalue weighted by atomic mass is 10.2. The number of carbonyl (C=O) groups is 1. The molecule has 26 heavy (non-hydrogen) atoms. The van der Waals surface area contributed by atoms with Crippen LogP contribution in [-0.2, 0) is 6.54 Å². The molecule has 0 atom stereocenters. The van der Waals surface area contributed by atoms with Gasteiger partial charge in [-0.25, -0.2) is 5.01 Å². The van der Waals surface area contributed by atoms with Crippen molar-refractivity contribution in [1.82, 2.24) is 9.99 Å². The van der Waals surface area contributed by atoms with Crippen molar-refractivity contribution >= 4 is 17.3 Å². The number of para-hydroxylation sites is 1. The first-order chi connectivity index (χ1) is 12.6. The second-order valence-corrected chi connectivity index (χ2v) is 5.51. The average molecular weight is 348 g/mol. The van der Waals surface area contributed by atoms with E-state index in [-0.39, 0.29) is 23.8 Å². The van der Waals surface area contributed by atoms with Gasteiger partial charge in [-0.1, -0.05) is 36.4 Å². The molecule has 0 aliphatic carbocycles. The highest BCUT2D eigenvalue weighted by Gasteiger charge is 2.18. The third-order valence-corrected chi connectivity index (χ3v) is 3.63. The minimum Gasteiger partial charge on any atom is -0.295 e. The van der Waals surface area contributed by atoms with Crippen molar-refractivity contribution < 1.29 is 9.72 Å². The number of pyridine rings is 1. The maximum absolute atomic E-state index is 12.8. The Bertz CT molecular complexity index is 901. The van der Waals surface area contributed by atoms with E-state index in [1.807, 2.05) is 30.3 Å². The number of nitro benzene ring substituents is 1. The van der Waals surface area contributed by atoms with Gasteiger partial charge in [0.05, 0.1) is 17.2 Å². The number of hydrogen-bond acceptors (Lipinski definition) is 5. The molecule has 1 amide bonds. The van der Waals surface area contributed by atoms with Crippen LogP contribution in [0.5, 0.6) is 0 Å². The van der Waals surface area contributed by atoms with Gasteiger partial charge in [-0.05, 0) is 29.8 Å². The van der Waals surface area contributed by atoms with Crippen LogP contribution in [0.1, 0.15) is 16.1 Å². The number of hydrogen-bond donors (Lipinski definition) is 1. The van der Waals surface area contributed by atoms with Crippen molar-refractivity contribution in [1.29, 1.82) is 0 Å². The number of hydrazine groups is 1. The van der Waals surface area contributed by atoms with Crippen LogP contribution in [0.4, 0.5) is 11.4 Å². The maximum atomic E-state index is 12.8. The second kappa shape index (κ2) is 7.89. The molecule has 0 fully saturated rings. The van der Waals surface area contributed by atoms with Gasteiger partial charge in [-0.15, -0.1) is 0 Å². The van der Waals surface area contributed by atoms with E-state index in [1.54, 1.807) is 36.5 Å². The summed E-state index contributed by atoms with van der Waals surface area (Å²) in [5.41, 5.74) is 4.66. The molecule has 0 saturated carbocycles. The fourth-order valence-electron chi connectivity index (χ4n) is 2.41. The molecule has 2 aromatic carbocycles. The zero-order valence-electron chi connectivity index (χ0n) is 13.8. The number of non-ortho nitro benzene ring substituents is 1. The normalized spacial score (nSPS) is 10.2. The Labute approximate surface area is 150 Å². The molecule has 0 saturated heterocycles. The quantitative estimate of drug-likeness (QED) is 0.542. The van der Waals surface area contributed by atoms with E-state index in [0.717, 1.165) is 5.69 Å². The number of rotatable bonds is 6. The standard InChI is InChI=1S/C19H16N4O3/c24-19(18-11-4-5-12-20-18)22(21-16-8-2-1-3-9-16)14-15-7-6-10-17(13-15)23(25)26/h1-13,21H,14H2. The van der Waals surface area contributed by atoms with Crippen LogP contribution in [0, 0.1) is 10.1 Å². The summed E-state index contributed by atoms with van der Waals surface area (Å²) < 4.78 is 0. The van der Waals surface area contributed by atoms with Gasteiger partial charge in [0, 0.05) is 18.3 Å². The van der Waals surface area contributed by atoms with E-state index in [9.17, 15) is 14.9 Å². The fourth-order valence-corrected chi connectivity index (χ4v) is 2.41. The molecule has 1 N–H and O–H groups in total. The van der Waals surface area contributed by atoms with Crippen LogP contribution in [0.25, 0.3) is 0 Å². The maximum Gasteiger partial charge on any atom is 0.291 e. The molecule has 0 aliphatic heterocycles. The molecular formula is C19H16N4O3. The summed E-state index contributed by atoms with van der Waals surface area (Å²) in [6, 6.07) is 20.5. The van der Waals surface area contributed by atoms with Gasteiger partial charge in [-0.2, -0.15) is 0 Å². The van der Waals surface area contributed by atoms with E-state index in [0.29, 0.717) is 5.56 Å². The molecule has 0 spiro atoms. The van der Waals surface area contributed by atoms with Crippen LogP contribution in [0.3, 0.4) is 0 Å². The van der Waals surface area contributed by atoms with Gasteiger partial charge in [0.15, 0.2) is 0 Å². The largest absolute Gasteiger partial charge is 0.295 e. The number of amides is 1. The molecule has 130 valence electrons. The lowest BCUT2D eigenvalue weighted by molar-refractivity contribution is -0.384. The van der Waals surface area contributed by atoms with Crippen LogP contribution < -0.4 is 5.43 Å². The molecular weight excluding hydrogens is 332 g/mol. The Morgan fingerprint density at radius 1 is 1.04 bits per heavy atom. The van der Waals surface area contributed by atoms with Crippen molar-refractivity contribution in [2.24, 2.45) is 0 Å². The summed E-state index contributed by atoms with van der Waals surface area (Å²) >= 11 is 0. The summed E-state index contributed by atoms with van der Waals surface area (Å²) in [6.45, 7) is 0.145. The molecule has 3 aromatic rings. The highest BCUT2D eigenvalue weighted by Crippen LogP contribution is 2.17. The summed E-state index contributed by atoms with van der Waals surface area (Å²) in [5.74, 6) is -0.332. The van der Waals surface area contributed by atoms with E-state index >= 15 is 0 Å². The first kappa shape index (κ1) is 17.1. The minimum atomic E-state index is -0.459. The highest BCUT2D eigenvalue weighted by atomic mass is 16.6. The molecule has 0 bridgehead atoms. The van der Waals surface area contributed by atoms with E-state index in [4.69, 9.17) is 0 Å². The molecule has 7 nitrogen and oxygen atoms in total. The third-order valence-electron chi connectivity index (χ3n) is 3.63. The van der Waals surface area contributed by atoms with Crippen molar-refractivity contribution in [2.45, 2.75) is 6.54 Å². The zero-order chi connectivity index (χ0) is 18.4. The number of benzene rings is 2. The first-order valence-corrected chi connectivity index (χ1v) is 7.91. The fraction of sp³-hybridized carbons (Fsp3) is 0.0526. The Balaban J connectivity index is 1.88. The predicted octanol–water partition coefficient (Wildman–Crippen LogP) is 3.66. The van der Waals surface area contributed by atoms with Gasteiger partial charge >= 0.3 is 0 Å². The number of anilines is 1. The Hall–Kier alpha value is -3.74. The Morgan fingerprint density at radius 2 is 1.81 bits per heavy atom. The molecule has 0 aliphatic rings. The van der Waals surface area contributed by atoms with Crippen molar-refractivity contribution in [3.05, 3.63) is 100 Å². The second-order valence-electron chi connectivity index (χ2n) is 5.51. The summed E-state index contributed by atoms with van der Waals surface area (Å²) in [5, 5.41) is 12.4. The van der Waals surface area contributed by atoms with Crippen LogP contribution >= 0.6 is 0 Å². The Kier molecular flexibility index (Phi) is 5.19. The van der Waals surface area contributed by atoms with E-state index in [2.05, 4.69) is 10.4 Å². The smallest absolute Gasteiger partial charge is 0.291 e. The lowest BCUT2D eigenvalue weighted by Gasteiger charge is -2.24. The van der Waals surface area contributed by atoms with Crippen LogP contribution in [-0.4, -0.2) is 20.8 Å². The van der Waals surface area contributed by atoms with Gasteiger partial charge in [0.1, 0.15) is 5.69 Å². The molecule has 0 unspecified atom stereocenters. The van der Waals surface area contributed by atoms with E-state index < -0.39 is 4.92 Å². The molecule has 7 heteroatoms. The third kappa shape index (κ3) is 4.21. The average Bonchev–Trinajstić information content (AvgIpc) is 2.68. The minimum absolute atomic E-state index is 0.0209. The summed E-state index contributed by atoms with van der Waals surface area (Å²) in [4.78, 5) is 27.5. The van der Waals surface area contributed by atoms with Crippen LogP contribution in [0.2, 0.25) is 0 Å². The number of nitrogens with zero attached hydrogens (tertiary/aromatic N) is 3. The van der Waals surface area contributed by atoms with Gasteiger partial charge in [0.25, 0.3) is 11.6 Å². The van der Waals surface area contributed by atoms with Gasteiger partial charge in [-0.3, -0.25) is 25.3 Å². The first-order valence-electron chi connectivity index (χ1n) is 7.91. The number of nitrogens with one attached hydrogen (secondary N) is 1. The van der Waals surface area contributed by atoms with E-state index in [1.165, 1.54) is 17.1 Å². The number of carbonyl (C=O) groups excluding carboxylic acids is 1. The summed E-state index contributed by atoms with van der Waals surface area (Å²) in [7, 11) is 0.